The molecule has 0 unspecified atom stereocenters. The molecule has 18 heavy (non-hydrogen) atoms. The Morgan fingerprint density at radius 2 is 2.00 bits per heavy atom. The normalized spacial score (nSPS) is 10.3. The lowest BCUT2D eigenvalue weighted by Crippen LogP contribution is -2.01. The lowest BCUT2D eigenvalue weighted by atomic mass is 10.0. The molecule has 1 aromatic carbocycles. The van der Waals surface area contributed by atoms with E-state index in [4.69, 9.17) is 23.2 Å². The quantitative estimate of drug-likeness (QED) is 0.785. The van der Waals surface area contributed by atoms with Crippen LogP contribution in [0.4, 0.5) is 0 Å². The fourth-order valence-electron chi connectivity index (χ4n) is 1.63. The van der Waals surface area contributed by atoms with Crippen LogP contribution in [0.1, 0.15) is 22.3 Å². The predicted molar refractivity (Wildman–Crippen MR) is 73.4 cm³/mol. The molecule has 0 aliphatic rings. The molecule has 0 saturated heterocycles. The summed E-state index contributed by atoms with van der Waals surface area (Å²) in [6, 6.07) is 8.94. The van der Waals surface area contributed by atoms with Crippen molar-refractivity contribution in [1.29, 1.82) is 0 Å². The van der Waals surface area contributed by atoms with Crippen molar-refractivity contribution in [3.63, 3.8) is 0 Å². The van der Waals surface area contributed by atoms with E-state index < -0.39 is 0 Å². The summed E-state index contributed by atoms with van der Waals surface area (Å²) in [6.45, 7) is 0. The summed E-state index contributed by atoms with van der Waals surface area (Å²) >= 11 is 11.8. The highest BCUT2D eigenvalue weighted by Gasteiger charge is 2.06. The second-order valence-electron chi connectivity index (χ2n) is 3.91. The molecule has 0 saturated carbocycles. The Hall–Kier alpha value is -1.38. The Morgan fingerprint density at radius 1 is 1.17 bits per heavy atom. The number of hydrogen-bond acceptors (Lipinski definition) is 2. The molecule has 0 radical (unpaired) electrons. The van der Waals surface area contributed by atoms with Gasteiger partial charge in [-0.05, 0) is 36.2 Å². The van der Waals surface area contributed by atoms with E-state index in [1.807, 2.05) is 6.07 Å². The smallest absolute Gasteiger partial charge is 0.164 e. The maximum absolute atomic E-state index is 11.9. The van der Waals surface area contributed by atoms with Crippen molar-refractivity contribution < 1.29 is 4.79 Å². The van der Waals surface area contributed by atoms with Crippen LogP contribution in [0.5, 0.6) is 0 Å². The fraction of sp³-hybridized carbons (Fsp3) is 0.143. The van der Waals surface area contributed by atoms with Crippen LogP contribution >= 0.6 is 23.2 Å². The minimum absolute atomic E-state index is 0.0779. The van der Waals surface area contributed by atoms with Gasteiger partial charge >= 0.3 is 0 Å². The third-order valence-corrected chi connectivity index (χ3v) is 3.35. The van der Waals surface area contributed by atoms with Gasteiger partial charge in [-0.3, -0.25) is 9.78 Å². The zero-order valence-electron chi connectivity index (χ0n) is 9.57. The number of rotatable bonds is 4. The van der Waals surface area contributed by atoms with Gasteiger partial charge in [0.2, 0.25) is 0 Å². The van der Waals surface area contributed by atoms with Gasteiger partial charge in [0.15, 0.2) is 5.78 Å². The SMILES string of the molecule is O=C(CCc1ccc(Cl)c(Cl)c1)c1cccnc1. The Kier molecular flexibility index (Phi) is 4.34. The van der Waals surface area contributed by atoms with Crippen LogP contribution in [0, 0.1) is 0 Å². The average Bonchev–Trinajstić information content (AvgIpc) is 2.41. The molecule has 2 nitrogen and oxygen atoms in total. The highest BCUT2D eigenvalue weighted by molar-refractivity contribution is 6.42. The first-order chi connectivity index (χ1) is 8.66. The first-order valence-electron chi connectivity index (χ1n) is 5.54. The summed E-state index contributed by atoms with van der Waals surface area (Å²) in [5.41, 5.74) is 1.64. The Balaban J connectivity index is 1.99. The van der Waals surface area contributed by atoms with Crippen molar-refractivity contribution in [3.8, 4) is 0 Å². The predicted octanol–water partition coefficient (Wildman–Crippen LogP) is 4.20. The maximum Gasteiger partial charge on any atom is 0.164 e. The van der Waals surface area contributed by atoms with E-state index in [2.05, 4.69) is 4.98 Å². The second kappa shape index (κ2) is 5.98. The van der Waals surface area contributed by atoms with Crippen molar-refractivity contribution in [3.05, 3.63) is 63.9 Å². The lowest BCUT2D eigenvalue weighted by molar-refractivity contribution is 0.0982. The van der Waals surface area contributed by atoms with E-state index in [0.717, 1.165) is 5.56 Å². The monoisotopic (exact) mass is 279 g/mol. The number of Topliss-reactive ketones (excluding diaryl/α,β-unsaturated/α-hetero) is 1. The van der Waals surface area contributed by atoms with E-state index in [1.165, 1.54) is 0 Å². The number of halogens is 2. The van der Waals surface area contributed by atoms with Gasteiger partial charge in [-0.25, -0.2) is 0 Å². The first-order valence-corrected chi connectivity index (χ1v) is 6.29. The van der Waals surface area contributed by atoms with Gasteiger partial charge in [0.25, 0.3) is 0 Å². The van der Waals surface area contributed by atoms with Crippen LogP contribution in [0.2, 0.25) is 10.0 Å². The second-order valence-corrected chi connectivity index (χ2v) is 4.73. The maximum atomic E-state index is 11.9. The Bertz CT molecular complexity index is 555. The number of hydrogen-bond donors (Lipinski definition) is 0. The summed E-state index contributed by atoms with van der Waals surface area (Å²) in [4.78, 5) is 15.8. The Labute approximate surface area is 116 Å². The molecular weight excluding hydrogens is 269 g/mol. The number of aryl methyl sites for hydroxylation is 1. The van der Waals surface area contributed by atoms with Crippen LogP contribution in [-0.2, 0) is 6.42 Å². The van der Waals surface area contributed by atoms with Gasteiger partial charge in [-0.2, -0.15) is 0 Å². The molecule has 0 amide bonds. The van der Waals surface area contributed by atoms with Crippen molar-refractivity contribution in [1.82, 2.24) is 4.98 Å². The van der Waals surface area contributed by atoms with Gasteiger partial charge < -0.3 is 0 Å². The van der Waals surface area contributed by atoms with Crippen molar-refractivity contribution in [2.45, 2.75) is 12.8 Å². The fourth-order valence-corrected chi connectivity index (χ4v) is 1.95. The van der Waals surface area contributed by atoms with Crippen LogP contribution in [0.15, 0.2) is 42.7 Å². The zero-order chi connectivity index (χ0) is 13.0. The average molecular weight is 280 g/mol. The van der Waals surface area contributed by atoms with Crippen LogP contribution in [0.25, 0.3) is 0 Å². The number of pyridine rings is 1. The lowest BCUT2D eigenvalue weighted by Gasteiger charge is -2.03. The molecule has 1 aromatic heterocycles. The number of benzene rings is 1. The molecule has 0 aliphatic heterocycles. The van der Waals surface area contributed by atoms with E-state index in [9.17, 15) is 4.79 Å². The standard InChI is InChI=1S/C14H11Cl2NO/c15-12-5-3-10(8-13(12)16)4-6-14(18)11-2-1-7-17-9-11/h1-3,5,7-9H,4,6H2. The molecule has 2 aromatic rings. The van der Waals surface area contributed by atoms with Gasteiger partial charge in [0.05, 0.1) is 10.0 Å². The van der Waals surface area contributed by atoms with E-state index in [0.29, 0.717) is 28.5 Å². The molecule has 0 bridgehead atoms. The van der Waals surface area contributed by atoms with Gasteiger partial charge in [-0.15, -0.1) is 0 Å². The summed E-state index contributed by atoms with van der Waals surface area (Å²) in [6.07, 6.45) is 4.31. The van der Waals surface area contributed by atoms with Crippen molar-refractivity contribution in [2.24, 2.45) is 0 Å². The highest BCUT2D eigenvalue weighted by atomic mass is 35.5. The van der Waals surface area contributed by atoms with Crippen molar-refractivity contribution in [2.75, 3.05) is 0 Å². The van der Waals surface area contributed by atoms with Gasteiger partial charge in [0, 0.05) is 24.4 Å². The molecule has 2 rings (SSSR count). The van der Waals surface area contributed by atoms with Crippen molar-refractivity contribution >= 4 is 29.0 Å². The number of nitrogens with zero attached hydrogens (tertiary/aromatic N) is 1. The Morgan fingerprint density at radius 3 is 2.67 bits per heavy atom. The molecular formula is C14H11Cl2NO. The van der Waals surface area contributed by atoms with Crippen LogP contribution < -0.4 is 0 Å². The molecule has 92 valence electrons. The molecule has 0 spiro atoms. The van der Waals surface area contributed by atoms with Crippen LogP contribution in [-0.4, -0.2) is 10.8 Å². The molecule has 0 N–H and O–H groups in total. The van der Waals surface area contributed by atoms with Gasteiger partial charge in [-0.1, -0.05) is 29.3 Å². The molecule has 0 fully saturated rings. The third kappa shape index (κ3) is 3.31. The van der Waals surface area contributed by atoms with E-state index >= 15 is 0 Å². The zero-order valence-corrected chi connectivity index (χ0v) is 11.1. The number of ketones is 1. The highest BCUT2D eigenvalue weighted by Crippen LogP contribution is 2.23. The third-order valence-electron chi connectivity index (χ3n) is 2.61. The number of carbonyl (C=O) groups excluding carboxylic acids is 1. The number of aromatic nitrogens is 1. The summed E-state index contributed by atoms with van der Waals surface area (Å²) < 4.78 is 0. The molecule has 0 atom stereocenters. The molecule has 0 aliphatic carbocycles. The van der Waals surface area contributed by atoms with Gasteiger partial charge in [0.1, 0.15) is 0 Å². The minimum atomic E-state index is 0.0779. The largest absolute Gasteiger partial charge is 0.294 e. The minimum Gasteiger partial charge on any atom is -0.294 e. The molecule has 4 heteroatoms. The first kappa shape index (κ1) is 13.1. The van der Waals surface area contributed by atoms with E-state index in [1.54, 1.807) is 36.7 Å². The molecule has 1 heterocycles. The topological polar surface area (TPSA) is 30.0 Å². The van der Waals surface area contributed by atoms with Crippen LogP contribution in [0.3, 0.4) is 0 Å². The summed E-state index contributed by atoms with van der Waals surface area (Å²) in [5, 5.41) is 1.04. The van der Waals surface area contributed by atoms with E-state index in [-0.39, 0.29) is 5.78 Å². The summed E-state index contributed by atoms with van der Waals surface area (Å²) in [5.74, 6) is 0.0779. The number of carbonyl (C=O) groups is 1. The summed E-state index contributed by atoms with van der Waals surface area (Å²) in [7, 11) is 0.